The number of carbonyl (C=O) groups is 2. The van der Waals surface area contributed by atoms with Crippen molar-refractivity contribution in [3.8, 4) is 0 Å². The number of amides is 1. The molecule has 108 valence electrons. The first-order valence-electron chi connectivity index (χ1n) is 6.55. The Labute approximate surface area is 126 Å². The van der Waals surface area contributed by atoms with E-state index >= 15 is 0 Å². The van der Waals surface area contributed by atoms with Crippen molar-refractivity contribution in [1.82, 2.24) is 5.32 Å². The Morgan fingerprint density at radius 1 is 1.40 bits per heavy atom. The van der Waals surface area contributed by atoms with Gasteiger partial charge in [-0.3, -0.25) is 4.79 Å². The fourth-order valence-electron chi connectivity index (χ4n) is 2.53. The Balaban J connectivity index is 2.32. The largest absolute Gasteiger partial charge is 0.478 e. The molecule has 0 aromatic heterocycles. The van der Waals surface area contributed by atoms with Gasteiger partial charge in [0, 0.05) is 18.1 Å². The fourth-order valence-corrected chi connectivity index (χ4v) is 3.14. The number of nitrogens with one attached hydrogen (secondary N) is 1. The first-order chi connectivity index (χ1) is 9.54. The molecule has 0 saturated carbocycles. The molecular formula is C14H17BrN2O3. The van der Waals surface area contributed by atoms with E-state index in [1.165, 1.54) is 0 Å². The van der Waals surface area contributed by atoms with Crippen molar-refractivity contribution >= 4 is 33.5 Å². The second-order valence-electron chi connectivity index (χ2n) is 4.79. The highest BCUT2D eigenvalue weighted by molar-refractivity contribution is 9.10. The average Bonchev–Trinajstić information content (AvgIpc) is 2.46. The van der Waals surface area contributed by atoms with Crippen LogP contribution in [0.5, 0.6) is 0 Å². The van der Waals surface area contributed by atoms with Crippen LogP contribution >= 0.6 is 15.9 Å². The molecule has 1 saturated heterocycles. The number of piperidine rings is 1. The minimum absolute atomic E-state index is 0.00101. The molecule has 1 aromatic carbocycles. The maximum Gasteiger partial charge on any atom is 0.335 e. The van der Waals surface area contributed by atoms with Gasteiger partial charge in [-0.25, -0.2) is 4.79 Å². The summed E-state index contributed by atoms with van der Waals surface area (Å²) < 4.78 is 0.702. The van der Waals surface area contributed by atoms with E-state index in [0.29, 0.717) is 4.47 Å². The van der Waals surface area contributed by atoms with Crippen LogP contribution in [0.15, 0.2) is 22.7 Å². The van der Waals surface area contributed by atoms with Crippen molar-refractivity contribution in [3.63, 3.8) is 0 Å². The van der Waals surface area contributed by atoms with E-state index in [-0.39, 0.29) is 17.5 Å². The van der Waals surface area contributed by atoms with E-state index in [4.69, 9.17) is 5.11 Å². The van der Waals surface area contributed by atoms with Crippen LogP contribution in [0.1, 0.15) is 29.6 Å². The van der Waals surface area contributed by atoms with E-state index in [9.17, 15) is 9.59 Å². The molecule has 2 N–H and O–H groups in total. The minimum atomic E-state index is -0.959. The molecule has 0 bridgehead atoms. The van der Waals surface area contributed by atoms with Gasteiger partial charge in [-0.05, 0) is 53.4 Å². The van der Waals surface area contributed by atoms with Crippen molar-refractivity contribution in [2.45, 2.75) is 25.3 Å². The molecule has 5 nitrogen and oxygen atoms in total. The zero-order valence-electron chi connectivity index (χ0n) is 11.2. The molecule has 1 aromatic rings. The standard InChI is InChI=1S/C14H17BrN2O3/c1-16-13(18)12-4-2-3-7-17(12)11-6-5-9(14(19)20)8-10(11)15/h5-6,8,12H,2-4,7H2,1H3,(H,16,18)(H,19,20). The third-order valence-corrected chi connectivity index (χ3v) is 4.19. The molecule has 1 atom stereocenters. The van der Waals surface area contributed by atoms with E-state index in [0.717, 1.165) is 31.5 Å². The van der Waals surface area contributed by atoms with E-state index in [1.54, 1.807) is 25.2 Å². The van der Waals surface area contributed by atoms with Crippen LogP contribution < -0.4 is 10.2 Å². The summed E-state index contributed by atoms with van der Waals surface area (Å²) in [5.74, 6) is -0.961. The predicted octanol–water partition coefficient (Wildman–Crippen LogP) is 2.25. The molecule has 1 aliphatic heterocycles. The lowest BCUT2D eigenvalue weighted by Crippen LogP contribution is -2.49. The Bertz CT molecular complexity index is 533. The molecule has 6 heteroatoms. The number of halogens is 1. The summed E-state index contributed by atoms with van der Waals surface area (Å²) in [7, 11) is 1.64. The minimum Gasteiger partial charge on any atom is -0.478 e. The number of hydrogen-bond acceptors (Lipinski definition) is 3. The summed E-state index contributed by atoms with van der Waals surface area (Å²) in [5.41, 5.74) is 1.09. The quantitative estimate of drug-likeness (QED) is 0.885. The summed E-state index contributed by atoms with van der Waals surface area (Å²) in [6.45, 7) is 0.795. The van der Waals surface area contributed by atoms with Gasteiger partial charge >= 0.3 is 5.97 Å². The first-order valence-corrected chi connectivity index (χ1v) is 7.35. The molecule has 1 aliphatic rings. The Morgan fingerprint density at radius 2 is 2.15 bits per heavy atom. The van der Waals surface area contributed by atoms with Crippen molar-refractivity contribution in [2.75, 3.05) is 18.5 Å². The normalized spacial score (nSPS) is 18.7. The molecular weight excluding hydrogens is 324 g/mol. The van der Waals surface area contributed by atoms with Gasteiger partial charge in [0.1, 0.15) is 6.04 Å². The fraction of sp³-hybridized carbons (Fsp3) is 0.429. The third-order valence-electron chi connectivity index (χ3n) is 3.56. The Kier molecular flexibility index (Phi) is 4.65. The molecule has 1 fully saturated rings. The zero-order valence-corrected chi connectivity index (χ0v) is 12.8. The molecule has 20 heavy (non-hydrogen) atoms. The van der Waals surface area contributed by atoms with E-state index in [1.807, 2.05) is 4.90 Å². The van der Waals surface area contributed by atoms with Crippen molar-refractivity contribution in [2.24, 2.45) is 0 Å². The molecule has 1 heterocycles. The van der Waals surface area contributed by atoms with Gasteiger partial charge in [0.05, 0.1) is 11.3 Å². The number of likely N-dealkylation sites (N-methyl/N-ethyl adjacent to an activating group) is 1. The molecule has 1 unspecified atom stereocenters. The number of benzene rings is 1. The summed E-state index contributed by atoms with van der Waals surface area (Å²) in [5, 5.41) is 11.7. The zero-order chi connectivity index (χ0) is 14.7. The van der Waals surface area contributed by atoms with Crippen molar-refractivity contribution < 1.29 is 14.7 Å². The van der Waals surface area contributed by atoms with Crippen molar-refractivity contribution in [1.29, 1.82) is 0 Å². The number of carboxylic acids is 1. The summed E-state index contributed by atoms with van der Waals surface area (Å²) >= 11 is 3.41. The van der Waals surface area contributed by atoms with Gasteiger partial charge in [-0.2, -0.15) is 0 Å². The van der Waals surface area contributed by atoms with Gasteiger partial charge in [0.15, 0.2) is 0 Å². The lowest BCUT2D eigenvalue weighted by Gasteiger charge is -2.36. The molecule has 0 radical (unpaired) electrons. The predicted molar refractivity (Wildman–Crippen MR) is 80.2 cm³/mol. The van der Waals surface area contributed by atoms with Crippen LogP contribution in [-0.4, -0.2) is 36.6 Å². The van der Waals surface area contributed by atoms with Crippen LogP contribution in [0.4, 0.5) is 5.69 Å². The molecule has 1 amide bonds. The lowest BCUT2D eigenvalue weighted by molar-refractivity contribution is -0.122. The molecule has 0 spiro atoms. The summed E-state index contributed by atoms with van der Waals surface area (Å²) in [6.07, 6.45) is 2.87. The second-order valence-corrected chi connectivity index (χ2v) is 5.64. The Morgan fingerprint density at radius 3 is 2.75 bits per heavy atom. The second kappa shape index (κ2) is 6.26. The highest BCUT2D eigenvalue weighted by Crippen LogP contribution is 2.32. The smallest absolute Gasteiger partial charge is 0.335 e. The molecule has 2 rings (SSSR count). The van der Waals surface area contributed by atoms with E-state index in [2.05, 4.69) is 21.2 Å². The lowest BCUT2D eigenvalue weighted by atomic mass is 10.00. The Hall–Kier alpha value is -1.56. The number of hydrogen-bond donors (Lipinski definition) is 2. The van der Waals surface area contributed by atoms with Crippen LogP contribution in [0.25, 0.3) is 0 Å². The van der Waals surface area contributed by atoms with Gasteiger partial charge in [0.2, 0.25) is 5.91 Å². The number of aromatic carboxylic acids is 1. The van der Waals surface area contributed by atoms with Crippen LogP contribution in [0.3, 0.4) is 0 Å². The van der Waals surface area contributed by atoms with Gasteiger partial charge in [-0.15, -0.1) is 0 Å². The maximum absolute atomic E-state index is 12.0. The third kappa shape index (κ3) is 2.95. The van der Waals surface area contributed by atoms with Crippen LogP contribution in [0.2, 0.25) is 0 Å². The number of carbonyl (C=O) groups excluding carboxylic acids is 1. The molecule has 0 aliphatic carbocycles. The monoisotopic (exact) mass is 340 g/mol. The topological polar surface area (TPSA) is 69.6 Å². The number of nitrogens with zero attached hydrogens (tertiary/aromatic N) is 1. The number of rotatable bonds is 3. The highest BCUT2D eigenvalue weighted by Gasteiger charge is 2.29. The first kappa shape index (κ1) is 14.8. The highest BCUT2D eigenvalue weighted by atomic mass is 79.9. The number of anilines is 1. The summed E-state index contributed by atoms with van der Waals surface area (Å²) in [4.78, 5) is 25.0. The average molecular weight is 341 g/mol. The maximum atomic E-state index is 12.0. The SMILES string of the molecule is CNC(=O)C1CCCCN1c1ccc(C(=O)O)cc1Br. The number of carboxylic acid groups (broad SMARTS) is 1. The summed E-state index contributed by atoms with van der Waals surface area (Å²) in [6, 6.07) is 4.71. The van der Waals surface area contributed by atoms with Crippen LogP contribution in [0, 0.1) is 0 Å². The van der Waals surface area contributed by atoms with Gasteiger partial charge in [-0.1, -0.05) is 0 Å². The van der Waals surface area contributed by atoms with E-state index < -0.39 is 5.97 Å². The van der Waals surface area contributed by atoms with Crippen molar-refractivity contribution in [3.05, 3.63) is 28.2 Å². The van der Waals surface area contributed by atoms with Gasteiger partial charge < -0.3 is 15.3 Å². The van der Waals surface area contributed by atoms with Crippen LogP contribution in [-0.2, 0) is 4.79 Å². The van der Waals surface area contributed by atoms with Gasteiger partial charge in [0.25, 0.3) is 0 Å².